The van der Waals surface area contributed by atoms with E-state index in [2.05, 4.69) is 10.3 Å². The van der Waals surface area contributed by atoms with Crippen LogP contribution in [0.15, 0.2) is 24.5 Å². The SMILES string of the molecule is O=C(C1CCOC1)N1CCNCC1c1cccnc1. The quantitative estimate of drug-likeness (QED) is 0.846. The first kappa shape index (κ1) is 12.6. The summed E-state index contributed by atoms with van der Waals surface area (Å²) >= 11 is 0. The fraction of sp³-hybridized carbons (Fsp3) is 0.571. The van der Waals surface area contributed by atoms with Gasteiger partial charge in [0.25, 0.3) is 0 Å². The lowest BCUT2D eigenvalue weighted by Crippen LogP contribution is -2.50. The Morgan fingerprint density at radius 1 is 1.53 bits per heavy atom. The summed E-state index contributed by atoms with van der Waals surface area (Å²) in [6, 6.07) is 4.05. The first-order chi connectivity index (χ1) is 9.36. The van der Waals surface area contributed by atoms with Crippen LogP contribution >= 0.6 is 0 Å². The number of nitrogens with zero attached hydrogens (tertiary/aromatic N) is 2. The maximum atomic E-state index is 12.6. The van der Waals surface area contributed by atoms with Crippen molar-refractivity contribution in [2.24, 2.45) is 5.92 Å². The molecule has 2 aliphatic rings. The number of aromatic nitrogens is 1. The van der Waals surface area contributed by atoms with E-state index in [1.54, 1.807) is 6.20 Å². The van der Waals surface area contributed by atoms with Gasteiger partial charge >= 0.3 is 0 Å². The highest BCUT2D eigenvalue weighted by Gasteiger charge is 2.34. The summed E-state index contributed by atoms with van der Waals surface area (Å²) in [4.78, 5) is 18.7. The molecule has 2 saturated heterocycles. The molecule has 1 aromatic rings. The number of hydrogen-bond acceptors (Lipinski definition) is 4. The number of pyridine rings is 1. The summed E-state index contributed by atoms with van der Waals surface area (Å²) < 4.78 is 5.33. The van der Waals surface area contributed by atoms with Gasteiger partial charge in [-0.2, -0.15) is 0 Å². The minimum Gasteiger partial charge on any atom is -0.381 e. The van der Waals surface area contributed by atoms with Gasteiger partial charge in [-0.15, -0.1) is 0 Å². The molecule has 1 N–H and O–H groups in total. The van der Waals surface area contributed by atoms with Crippen molar-refractivity contribution in [2.45, 2.75) is 12.5 Å². The Bertz CT molecular complexity index is 432. The van der Waals surface area contributed by atoms with Gasteiger partial charge in [0.15, 0.2) is 0 Å². The largest absolute Gasteiger partial charge is 0.381 e. The van der Waals surface area contributed by atoms with Crippen molar-refractivity contribution in [2.75, 3.05) is 32.8 Å². The molecule has 2 aliphatic heterocycles. The van der Waals surface area contributed by atoms with Crippen molar-refractivity contribution in [3.63, 3.8) is 0 Å². The van der Waals surface area contributed by atoms with E-state index in [1.807, 2.05) is 23.2 Å². The van der Waals surface area contributed by atoms with Crippen molar-refractivity contribution < 1.29 is 9.53 Å². The highest BCUT2D eigenvalue weighted by atomic mass is 16.5. The summed E-state index contributed by atoms with van der Waals surface area (Å²) in [5, 5.41) is 3.36. The number of carbonyl (C=O) groups is 1. The normalized spacial score (nSPS) is 27.5. The summed E-state index contributed by atoms with van der Waals surface area (Å²) in [7, 11) is 0. The minimum absolute atomic E-state index is 0.0391. The molecule has 2 unspecified atom stereocenters. The molecule has 1 aromatic heterocycles. The number of carbonyl (C=O) groups excluding carboxylic acids is 1. The zero-order valence-corrected chi connectivity index (χ0v) is 10.9. The molecular weight excluding hydrogens is 242 g/mol. The molecule has 3 heterocycles. The Hall–Kier alpha value is -1.46. The van der Waals surface area contributed by atoms with E-state index in [9.17, 15) is 4.79 Å². The molecule has 0 radical (unpaired) electrons. The molecule has 5 heteroatoms. The van der Waals surface area contributed by atoms with Gasteiger partial charge in [-0.3, -0.25) is 9.78 Å². The van der Waals surface area contributed by atoms with Gasteiger partial charge in [0.1, 0.15) is 0 Å². The molecule has 0 saturated carbocycles. The Balaban J connectivity index is 1.79. The molecule has 0 aromatic carbocycles. The van der Waals surface area contributed by atoms with Crippen LogP contribution in [-0.4, -0.2) is 48.6 Å². The molecule has 102 valence electrons. The van der Waals surface area contributed by atoms with E-state index in [0.717, 1.165) is 31.6 Å². The van der Waals surface area contributed by atoms with E-state index < -0.39 is 0 Å². The van der Waals surface area contributed by atoms with Crippen LogP contribution in [0, 0.1) is 5.92 Å². The van der Waals surface area contributed by atoms with Gasteiger partial charge in [0.05, 0.1) is 18.6 Å². The van der Waals surface area contributed by atoms with E-state index in [4.69, 9.17) is 4.74 Å². The smallest absolute Gasteiger partial charge is 0.228 e. The number of piperazine rings is 1. The van der Waals surface area contributed by atoms with Crippen LogP contribution in [0.4, 0.5) is 0 Å². The van der Waals surface area contributed by atoms with Crippen LogP contribution in [0.5, 0.6) is 0 Å². The molecule has 5 nitrogen and oxygen atoms in total. The van der Waals surface area contributed by atoms with Gasteiger partial charge < -0.3 is 15.0 Å². The standard InChI is InChI=1S/C14H19N3O2/c18-14(12-3-7-19-10-12)17-6-5-16-9-13(17)11-2-1-4-15-8-11/h1-2,4,8,12-13,16H,3,5-7,9-10H2. The van der Waals surface area contributed by atoms with Crippen LogP contribution in [-0.2, 0) is 9.53 Å². The molecule has 0 bridgehead atoms. The molecule has 2 atom stereocenters. The maximum absolute atomic E-state index is 12.6. The van der Waals surface area contributed by atoms with Gasteiger partial charge in [0, 0.05) is 38.6 Å². The second-order valence-corrected chi connectivity index (χ2v) is 5.10. The Labute approximate surface area is 113 Å². The predicted octanol–water partition coefficient (Wildman–Crippen LogP) is 0.591. The van der Waals surface area contributed by atoms with Crippen molar-refractivity contribution in [3.8, 4) is 0 Å². The average molecular weight is 261 g/mol. The molecule has 1 amide bonds. The fourth-order valence-corrected chi connectivity index (χ4v) is 2.80. The lowest BCUT2D eigenvalue weighted by Gasteiger charge is -2.37. The minimum atomic E-state index is 0.0391. The zero-order valence-electron chi connectivity index (χ0n) is 10.9. The lowest BCUT2D eigenvalue weighted by molar-refractivity contribution is -0.139. The maximum Gasteiger partial charge on any atom is 0.228 e. The van der Waals surface area contributed by atoms with Crippen molar-refractivity contribution >= 4 is 5.91 Å². The average Bonchev–Trinajstić information content (AvgIpc) is 3.02. The van der Waals surface area contributed by atoms with Gasteiger partial charge in [-0.25, -0.2) is 0 Å². The highest BCUT2D eigenvalue weighted by molar-refractivity contribution is 5.80. The predicted molar refractivity (Wildman–Crippen MR) is 70.5 cm³/mol. The topological polar surface area (TPSA) is 54.5 Å². The van der Waals surface area contributed by atoms with Gasteiger partial charge in [-0.05, 0) is 18.1 Å². The monoisotopic (exact) mass is 261 g/mol. The molecular formula is C14H19N3O2. The van der Waals surface area contributed by atoms with Crippen molar-refractivity contribution in [3.05, 3.63) is 30.1 Å². The second kappa shape index (κ2) is 5.67. The van der Waals surface area contributed by atoms with Crippen molar-refractivity contribution in [1.29, 1.82) is 0 Å². The highest BCUT2D eigenvalue weighted by Crippen LogP contribution is 2.25. The first-order valence-electron chi connectivity index (χ1n) is 6.85. The second-order valence-electron chi connectivity index (χ2n) is 5.10. The number of nitrogens with one attached hydrogen (secondary N) is 1. The van der Waals surface area contributed by atoms with Crippen LogP contribution < -0.4 is 5.32 Å². The number of rotatable bonds is 2. The fourth-order valence-electron chi connectivity index (χ4n) is 2.80. The molecule has 3 rings (SSSR count). The summed E-state index contributed by atoms with van der Waals surface area (Å²) in [6.07, 6.45) is 4.46. The third-order valence-corrected chi connectivity index (χ3v) is 3.87. The van der Waals surface area contributed by atoms with Crippen LogP contribution in [0.25, 0.3) is 0 Å². The van der Waals surface area contributed by atoms with E-state index in [0.29, 0.717) is 13.2 Å². The van der Waals surface area contributed by atoms with E-state index in [1.165, 1.54) is 0 Å². The van der Waals surface area contributed by atoms with Crippen LogP contribution in [0.3, 0.4) is 0 Å². The molecule has 2 fully saturated rings. The Morgan fingerprint density at radius 2 is 2.47 bits per heavy atom. The van der Waals surface area contributed by atoms with Gasteiger partial charge in [0.2, 0.25) is 5.91 Å². The van der Waals surface area contributed by atoms with Crippen molar-refractivity contribution in [1.82, 2.24) is 15.2 Å². The Morgan fingerprint density at radius 3 is 3.21 bits per heavy atom. The van der Waals surface area contributed by atoms with Crippen LogP contribution in [0.1, 0.15) is 18.0 Å². The first-order valence-corrected chi connectivity index (χ1v) is 6.85. The zero-order chi connectivity index (χ0) is 13.1. The molecule has 0 aliphatic carbocycles. The summed E-state index contributed by atoms with van der Waals surface area (Å²) in [6.45, 7) is 3.69. The number of hydrogen-bond donors (Lipinski definition) is 1. The lowest BCUT2D eigenvalue weighted by atomic mass is 10.0. The number of ether oxygens (including phenoxy) is 1. The number of amides is 1. The summed E-state index contributed by atoms with van der Waals surface area (Å²) in [5.41, 5.74) is 1.10. The van der Waals surface area contributed by atoms with Crippen LogP contribution in [0.2, 0.25) is 0 Å². The van der Waals surface area contributed by atoms with E-state index >= 15 is 0 Å². The van der Waals surface area contributed by atoms with Gasteiger partial charge in [-0.1, -0.05) is 6.07 Å². The van der Waals surface area contributed by atoms with E-state index in [-0.39, 0.29) is 17.9 Å². The molecule has 19 heavy (non-hydrogen) atoms. The third kappa shape index (κ3) is 2.62. The summed E-state index contributed by atoms with van der Waals surface area (Å²) in [5.74, 6) is 0.269. The Kier molecular flexibility index (Phi) is 3.75. The molecule has 0 spiro atoms. The third-order valence-electron chi connectivity index (χ3n) is 3.87.